The Morgan fingerprint density at radius 3 is 3.05 bits per heavy atom. The summed E-state index contributed by atoms with van der Waals surface area (Å²) >= 11 is 0. The Kier molecular flexibility index (Phi) is 5.32. The monoisotopic (exact) mass is 294 g/mol. The van der Waals surface area contributed by atoms with Crippen LogP contribution in [0.1, 0.15) is 30.7 Å². The zero-order valence-corrected chi connectivity index (χ0v) is 12.6. The molecule has 1 aliphatic heterocycles. The standard InChI is InChI=1S/C14H22N4O3/c1-17(9-11-8-12(10-21-2)16-15-11)13(19)5-7-18-6-3-4-14(18)20/h8H,3-7,9-10H2,1-2H3,(H,15,16). The summed E-state index contributed by atoms with van der Waals surface area (Å²) in [5.41, 5.74) is 1.69. The van der Waals surface area contributed by atoms with Crippen molar-refractivity contribution in [2.45, 2.75) is 32.4 Å². The van der Waals surface area contributed by atoms with Crippen molar-refractivity contribution in [1.82, 2.24) is 20.0 Å². The van der Waals surface area contributed by atoms with Crippen molar-refractivity contribution < 1.29 is 14.3 Å². The molecule has 0 saturated carbocycles. The molecule has 1 aromatic heterocycles. The van der Waals surface area contributed by atoms with Crippen LogP contribution in [-0.4, -0.2) is 59.1 Å². The lowest BCUT2D eigenvalue weighted by atomic mass is 10.3. The van der Waals surface area contributed by atoms with Crippen LogP contribution in [0.5, 0.6) is 0 Å². The zero-order valence-electron chi connectivity index (χ0n) is 12.6. The highest BCUT2D eigenvalue weighted by Gasteiger charge is 2.21. The van der Waals surface area contributed by atoms with Gasteiger partial charge in [0.25, 0.3) is 0 Å². The fourth-order valence-electron chi connectivity index (χ4n) is 2.42. The number of nitrogens with zero attached hydrogens (tertiary/aromatic N) is 3. The van der Waals surface area contributed by atoms with Crippen LogP contribution >= 0.6 is 0 Å². The van der Waals surface area contributed by atoms with E-state index >= 15 is 0 Å². The van der Waals surface area contributed by atoms with Crippen molar-refractivity contribution in [3.8, 4) is 0 Å². The Hall–Kier alpha value is -1.89. The lowest BCUT2D eigenvalue weighted by Crippen LogP contribution is -2.32. The number of amides is 2. The number of carbonyl (C=O) groups is 2. The first-order valence-electron chi connectivity index (χ1n) is 7.14. The highest BCUT2D eigenvalue weighted by Crippen LogP contribution is 2.11. The first-order valence-corrected chi connectivity index (χ1v) is 7.14. The van der Waals surface area contributed by atoms with Gasteiger partial charge in [0, 0.05) is 40.1 Å². The minimum absolute atomic E-state index is 0.0255. The third kappa shape index (κ3) is 4.29. The van der Waals surface area contributed by atoms with Crippen molar-refractivity contribution in [2.75, 3.05) is 27.2 Å². The van der Waals surface area contributed by atoms with Crippen LogP contribution < -0.4 is 0 Å². The summed E-state index contributed by atoms with van der Waals surface area (Å²) in [6, 6.07) is 1.89. The average Bonchev–Trinajstić information content (AvgIpc) is 3.06. The number of methoxy groups -OCH3 is 1. The highest BCUT2D eigenvalue weighted by molar-refractivity contribution is 5.80. The van der Waals surface area contributed by atoms with E-state index in [1.54, 1.807) is 24.0 Å². The number of aromatic amines is 1. The third-order valence-corrected chi connectivity index (χ3v) is 3.58. The molecule has 7 nitrogen and oxygen atoms in total. The number of nitrogens with one attached hydrogen (secondary N) is 1. The molecule has 7 heteroatoms. The lowest BCUT2D eigenvalue weighted by molar-refractivity contribution is -0.132. The number of H-pyrrole nitrogens is 1. The van der Waals surface area contributed by atoms with Crippen LogP contribution in [0.2, 0.25) is 0 Å². The predicted octanol–water partition coefficient (Wildman–Crippen LogP) is 0.527. The summed E-state index contributed by atoms with van der Waals surface area (Å²) in [4.78, 5) is 27.0. The predicted molar refractivity (Wildman–Crippen MR) is 76.2 cm³/mol. The molecule has 1 fully saturated rings. The molecular formula is C14H22N4O3. The van der Waals surface area contributed by atoms with Crippen LogP contribution in [0.4, 0.5) is 0 Å². The maximum atomic E-state index is 12.1. The van der Waals surface area contributed by atoms with E-state index in [-0.39, 0.29) is 11.8 Å². The molecule has 1 saturated heterocycles. The second-order valence-corrected chi connectivity index (χ2v) is 5.30. The van der Waals surface area contributed by atoms with Crippen LogP contribution in [-0.2, 0) is 27.5 Å². The minimum atomic E-state index is 0.0255. The van der Waals surface area contributed by atoms with E-state index in [1.165, 1.54) is 0 Å². The molecule has 1 aromatic rings. The van der Waals surface area contributed by atoms with Gasteiger partial charge >= 0.3 is 0 Å². The molecule has 2 amide bonds. The van der Waals surface area contributed by atoms with E-state index in [9.17, 15) is 9.59 Å². The summed E-state index contributed by atoms with van der Waals surface area (Å²) in [5.74, 6) is 0.181. The summed E-state index contributed by atoms with van der Waals surface area (Å²) in [7, 11) is 3.37. The molecule has 1 N–H and O–H groups in total. The van der Waals surface area contributed by atoms with E-state index in [4.69, 9.17) is 4.74 Å². The van der Waals surface area contributed by atoms with Crippen LogP contribution in [0.25, 0.3) is 0 Å². The van der Waals surface area contributed by atoms with E-state index < -0.39 is 0 Å². The fraction of sp³-hybridized carbons (Fsp3) is 0.643. The minimum Gasteiger partial charge on any atom is -0.378 e. The lowest BCUT2D eigenvalue weighted by Gasteiger charge is -2.19. The maximum Gasteiger partial charge on any atom is 0.224 e. The fourth-order valence-corrected chi connectivity index (χ4v) is 2.42. The van der Waals surface area contributed by atoms with Gasteiger partial charge in [-0.2, -0.15) is 5.10 Å². The molecule has 2 heterocycles. The largest absolute Gasteiger partial charge is 0.378 e. The number of hydrogen-bond acceptors (Lipinski definition) is 4. The molecule has 2 rings (SSSR count). The molecule has 21 heavy (non-hydrogen) atoms. The number of likely N-dealkylation sites (tertiary alicyclic amines) is 1. The first-order chi connectivity index (χ1) is 10.1. The average molecular weight is 294 g/mol. The van der Waals surface area contributed by atoms with Gasteiger partial charge in [0.15, 0.2) is 0 Å². The van der Waals surface area contributed by atoms with Crippen molar-refractivity contribution in [2.24, 2.45) is 0 Å². The van der Waals surface area contributed by atoms with Crippen LogP contribution in [0.15, 0.2) is 6.07 Å². The van der Waals surface area contributed by atoms with Gasteiger partial charge in [0.2, 0.25) is 11.8 Å². The van der Waals surface area contributed by atoms with Crippen molar-refractivity contribution in [1.29, 1.82) is 0 Å². The van der Waals surface area contributed by atoms with E-state index in [0.717, 1.165) is 24.4 Å². The van der Waals surface area contributed by atoms with Gasteiger partial charge in [-0.25, -0.2) is 0 Å². The zero-order chi connectivity index (χ0) is 15.2. The molecule has 0 aliphatic carbocycles. The summed E-state index contributed by atoms with van der Waals surface area (Å²) in [6.07, 6.45) is 1.88. The Morgan fingerprint density at radius 2 is 2.38 bits per heavy atom. The quantitative estimate of drug-likeness (QED) is 0.795. The number of carbonyl (C=O) groups excluding carboxylic acids is 2. The number of rotatable bonds is 7. The van der Waals surface area contributed by atoms with E-state index in [2.05, 4.69) is 10.2 Å². The van der Waals surface area contributed by atoms with Crippen molar-refractivity contribution in [3.05, 3.63) is 17.5 Å². The van der Waals surface area contributed by atoms with Gasteiger partial charge in [-0.15, -0.1) is 0 Å². The smallest absolute Gasteiger partial charge is 0.224 e. The Morgan fingerprint density at radius 1 is 1.57 bits per heavy atom. The van der Waals surface area contributed by atoms with Crippen LogP contribution in [0, 0.1) is 0 Å². The number of aromatic nitrogens is 2. The first kappa shape index (κ1) is 15.5. The second-order valence-electron chi connectivity index (χ2n) is 5.30. The molecule has 0 aromatic carbocycles. The van der Waals surface area contributed by atoms with E-state index in [0.29, 0.717) is 32.5 Å². The topological polar surface area (TPSA) is 78.5 Å². The van der Waals surface area contributed by atoms with Gasteiger partial charge in [-0.1, -0.05) is 0 Å². The highest BCUT2D eigenvalue weighted by atomic mass is 16.5. The summed E-state index contributed by atoms with van der Waals surface area (Å²) in [6.45, 7) is 2.21. The number of ether oxygens (including phenoxy) is 1. The molecule has 116 valence electrons. The molecule has 0 atom stereocenters. The normalized spacial score (nSPS) is 14.8. The second kappa shape index (κ2) is 7.21. The van der Waals surface area contributed by atoms with Gasteiger partial charge in [-0.3, -0.25) is 14.7 Å². The number of hydrogen-bond donors (Lipinski definition) is 1. The van der Waals surface area contributed by atoms with Crippen molar-refractivity contribution in [3.63, 3.8) is 0 Å². The van der Waals surface area contributed by atoms with Gasteiger partial charge < -0.3 is 14.5 Å². The Bertz CT molecular complexity index is 500. The maximum absolute atomic E-state index is 12.1. The molecule has 0 bridgehead atoms. The van der Waals surface area contributed by atoms with Crippen molar-refractivity contribution >= 4 is 11.8 Å². The van der Waals surface area contributed by atoms with Gasteiger partial charge in [0.05, 0.1) is 24.5 Å². The molecule has 0 spiro atoms. The van der Waals surface area contributed by atoms with Gasteiger partial charge in [0.1, 0.15) is 0 Å². The molecular weight excluding hydrogens is 272 g/mol. The molecule has 0 unspecified atom stereocenters. The SMILES string of the molecule is COCc1cc(CN(C)C(=O)CCN2CCCC2=O)[nH]n1. The van der Waals surface area contributed by atoms with Crippen LogP contribution in [0.3, 0.4) is 0 Å². The van der Waals surface area contributed by atoms with Gasteiger partial charge in [-0.05, 0) is 12.5 Å². The molecule has 0 radical (unpaired) electrons. The molecule has 1 aliphatic rings. The summed E-state index contributed by atoms with van der Waals surface area (Å²) in [5, 5.41) is 6.99. The Labute approximate surface area is 124 Å². The third-order valence-electron chi connectivity index (χ3n) is 3.58. The van der Waals surface area contributed by atoms with E-state index in [1.807, 2.05) is 6.07 Å². The summed E-state index contributed by atoms with van der Waals surface area (Å²) < 4.78 is 5.00. The Balaban J connectivity index is 1.77.